The number of halogens is 1. The number of carbonyl (C=O) groups is 2. The zero-order valence-electron chi connectivity index (χ0n) is 18.9. The molecule has 1 aliphatic rings. The largest absolute Gasteiger partial charge is 0.493 e. The maximum Gasteiger partial charge on any atom is 0.270 e. The van der Waals surface area contributed by atoms with Crippen LogP contribution >= 0.6 is 35.6 Å². The fourth-order valence-corrected chi connectivity index (χ4v) is 5.02. The molecule has 2 amide bonds. The Labute approximate surface area is 217 Å². The Morgan fingerprint density at radius 2 is 1.86 bits per heavy atom. The number of nitrogens with zero attached hydrogens (tertiary/aromatic N) is 1. The summed E-state index contributed by atoms with van der Waals surface area (Å²) in [7, 11) is 1.48. The third-order valence-electron chi connectivity index (χ3n) is 5.10. The predicted octanol–water partition coefficient (Wildman–Crippen LogP) is 6.08. The Balaban J connectivity index is 1.52. The van der Waals surface area contributed by atoms with Crippen LogP contribution in [-0.2, 0) is 9.59 Å². The second kappa shape index (κ2) is 10.9. The van der Waals surface area contributed by atoms with Crippen molar-refractivity contribution in [2.24, 2.45) is 0 Å². The van der Waals surface area contributed by atoms with E-state index in [1.807, 2.05) is 49.4 Å². The number of methoxy groups -OCH3 is 1. The smallest absolute Gasteiger partial charge is 0.270 e. The van der Waals surface area contributed by atoms with Gasteiger partial charge in [0.05, 0.1) is 22.7 Å². The van der Waals surface area contributed by atoms with Gasteiger partial charge >= 0.3 is 0 Å². The van der Waals surface area contributed by atoms with Gasteiger partial charge in [0.1, 0.15) is 0 Å². The van der Waals surface area contributed by atoms with Gasteiger partial charge in [-0.1, -0.05) is 72.0 Å². The van der Waals surface area contributed by atoms with Crippen molar-refractivity contribution >= 4 is 69.2 Å². The number of anilines is 2. The van der Waals surface area contributed by atoms with Gasteiger partial charge in [0.25, 0.3) is 11.8 Å². The number of benzene rings is 3. The molecule has 1 saturated heterocycles. The zero-order valence-corrected chi connectivity index (χ0v) is 21.3. The molecule has 0 unspecified atom stereocenters. The van der Waals surface area contributed by atoms with Crippen LogP contribution in [0.2, 0.25) is 5.02 Å². The molecule has 1 fully saturated rings. The van der Waals surface area contributed by atoms with Crippen molar-refractivity contribution in [2.75, 3.05) is 23.9 Å². The van der Waals surface area contributed by atoms with Gasteiger partial charge in [-0.25, -0.2) is 0 Å². The highest BCUT2D eigenvalue weighted by Crippen LogP contribution is 2.40. The first-order chi connectivity index (χ1) is 16.9. The molecule has 0 aliphatic carbocycles. The van der Waals surface area contributed by atoms with Crippen LogP contribution in [0.15, 0.2) is 71.6 Å². The van der Waals surface area contributed by atoms with Gasteiger partial charge in [0.2, 0.25) is 0 Å². The van der Waals surface area contributed by atoms with Crippen molar-refractivity contribution in [3.8, 4) is 11.5 Å². The molecule has 0 aromatic heterocycles. The summed E-state index contributed by atoms with van der Waals surface area (Å²) >= 11 is 13.2. The van der Waals surface area contributed by atoms with Gasteiger partial charge in [0, 0.05) is 5.69 Å². The zero-order chi connectivity index (χ0) is 24.9. The second-order valence-electron chi connectivity index (χ2n) is 7.54. The molecule has 0 atom stereocenters. The molecule has 0 bridgehead atoms. The number of amides is 2. The van der Waals surface area contributed by atoms with Crippen molar-refractivity contribution < 1.29 is 19.1 Å². The van der Waals surface area contributed by atoms with Crippen molar-refractivity contribution in [2.45, 2.75) is 6.92 Å². The monoisotopic (exact) mass is 524 g/mol. The molecule has 178 valence electrons. The number of hydrogen-bond acceptors (Lipinski definition) is 6. The quantitative estimate of drug-likeness (QED) is 0.298. The number of hydrogen-bond donors (Lipinski definition) is 1. The highest BCUT2D eigenvalue weighted by molar-refractivity contribution is 8.27. The molecule has 1 aliphatic heterocycles. The molecular formula is C26H21ClN2O4S2. The lowest BCUT2D eigenvalue weighted by molar-refractivity contribution is -0.118. The topological polar surface area (TPSA) is 67.9 Å². The standard InChI is InChI=1S/C26H21ClN2O4S2/c1-16-8-6-7-11-20(16)29-25(31)22(35-26(29)34)14-17-12-19(27)24(21(13-17)32-2)33-15-23(30)28-18-9-4-3-5-10-18/h3-14H,15H2,1-2H3,(H,28,30)/b22-14-. The van der Waals surface area contributed by atoms with Crippen LogP contribution in [0.5, 0.6) is 11.5 Å². The fourth-order valence-electron chi connectivity index (χ4n) is 3.46. The third-order valence-corrected chi connectivity index (χ3v) is 6.69. The number of nitrogens with one attached hydrogen (secondary N) is 1. The minimum absolute atomic E-state index is 0.206. The summed E-state index contributed by atoms with van der Waals surface area (Å²) in [6.45, 7) is 1.68. The molecule has 35 heavy (non-hydrogen) atoms. The number of thiocarbonyl (C=S) groups is 1. The molecule has 0 saturated carbocycles. The number of carbonyl (C=O) groups excluding carboxylic acids is 2. The van der Waals surface area contributed by atoms with Crippen LogP contribution in [-0.4, -0.2) is 29.9 Å². The molecular weight excluding hydrogens is 504 g/mol. The predicted molar refractivity (Wildman–Crippen MR) is 145 cm³/mol. The summed E-state index contributed by atoms with van der Waals surface area (Å²) in [6, 6.07) is 20.0. The van der Waals surface area contributed by atoms with Crippen LogP contribution in [0.4, 0.5) is 11.4 Å². The van der Waals surface area contributed by atoms with Gasteiger partial charge in [-0.05, 0) is 54.5 Å². The Morgan fingerprint density at radius 3 is 2.57 bits per heavy atom. The van der Waals surface area contributed by atoms with Crippen LogP contribution < -0.4 is 19.7 Å². The lowest BCUT2D eigenvalue weighted by Gasteiger charge is -2.16. The summed E-state index contributed by atoms with van der Waals surface area (Å²) in [5.74, 6) is 0.0354. The highest BCUT2D eigenvalue weighted by Gasteiger charge is 2.34. The van der Waals surface area contributed by atoms with E-state index in [-0.39, 0.29) is 29.2 Å². The maximum atomic E-state index is 13.1. The number of para-hydroxylation sites is 2. The molecule has 1 heterocycles. The minimum Gasteiger partial charge on any atom is -0.493 e. The molecule has 0 radical (unpaired) electrons. The second-order valence-corrected chi connectivity index (χ2v) is 9.62. The molecule has 0 spiro atoms. The lowest BCUT2D eigenvalue weighted by Crippen LogP contribution is -2.28. The molecule has 1 N–H and O–H groups in total. The van der Waals surface area contributed by atoms with E-state index in [1.54, 1.807) is 30.3 Å². The van der Waals surface area contributed by atoms with Crippen molar-refractivity contribution in [3.63, 3.8) is 0 Å². The number of thioether (sulfide) groups is 1. The molecule has 9 heteroatoms. The van der Waals surface area contributed by atoms with Crippen LogP contribution in [0.25, 0.3) is 6.08 Å². The SMILES string of the molecule is COc1cc(/C=C2\SC(=S)N(c3ccccc3C)C2=O)cc(Cl)c1OCC(=O)Nc1ccccc1. The first-order valence-electron chi connectivity index (χ1n) is 10.6. The van der Waals surface area contributed by atoms with E-state index >= 15 is 0 Å². The number of aryl methyl sites for hydroxylation is 1. The molecule has 6 nitrogen and oxygen atoms in total. The summed E-state index contributed by atoms with van der Waals surface area (Å²) < 4.78 is 11.5. The Kier molecular flexibility index (Phi) is 7.75. The molecule has 4 rings (SSSR count). The van der Waals surface area contributed by atoms with E-state index in [4.69, 9.17) is 33.3 Å². The first-order valence-corrected chi connectivity index (χ1v) is 12.2. The van der Waals surface area contributed by atoms with Gasteiger partial charge in [-0.2, -0.15) is 0 Å². The van der Waals surface area contributed by atoms with Gasteiger partial charge < -0.3 is 14.8 Å². The van der Waals surface area contributed by atoms with Gasteiger partial charge in [-0.3, -0.25) is 14.5 Å². The highest BCUT2D eigenvalue weighted by atomic mass is 35.5. The van der Waals surface area contributed by atoms with Gasteiger partial charge in [-0.15, -0.1) is 0 Å². The molecule has 3 aromatic carbocycles. The van der Waals surface area contributed by atoms with Crippen LogP contribution in [0.3, 0.4) is 0 Å². The van der Waals surface area contributed by atoms with E-state index in [9.17, 15) is 9.59 Å². The Bertz CT molecular complexity index is 1330. The van der Waals surface area contributed by atoms with E-state index in [0.29, 0.717) is 26.2 Å². The van der Waals surface area contributed by atoms with Crippen molar-refractivity contribution in [1.82, 2.24) is 0 Å². The summed E-state index contributed by atoms with van der Waals surface area (Å²) in [5, 5.41) is 2.99. The van der Waals surface area contributed by atoms with Crippen molar-refractivity contribution in [1.29, 1.82) is 0 Å². The summed E-state index contributed by atoms with van der Waals surface area (Å²) in [5.41, 5.74) is 3.01. The van der Waals surface area contributed by atoms with Crippen LogP contribution in [0.1, 0.15) is 11.1 Å². The van der Waals surface area contributed by atoms with E-state index in [1.165, 1.54) is 23.8 Å². The van der Waals surface area contributed by atoms with E-state index in [0.717, 1.165) is 11.3 Å². The van der Waals surface area contributed by atoms with Crippen molar-refractivity contribution in [3.05, 3.63) is 87.8 Å². The normalized spacial score (nSPS) is 14.4. The average molecular weight is 525 g/mol. The van der Waals surface area contributed by atoms with E-state index in [2.05, 4.69) is 5.32 Å². The summed E-state index contributed by atoms with van der Waals surface area (Å²) in [4.78, 5) is 27.4. The Hall–Kier alpha value is -3.33. The first kappa shape index (κ1) is 24.8. The van der Waals surface area contributed by atoms with Crippen LogP contribution in [0, 0.1) is 6.92 Å². The van der Waals surface area contributed by atoms with E-state index < -0.39 is 0 Å². The fraction of sp³-hybridized carbons (Fsp3) is 0.115. The number of ether oxygens (including phenoxy) is 2. The van der Waals surface area contributed by atoms with Gasteiger partial charge in [0.15, 0.2) is 22.4 Å². The third kappa shape index (κ3) is 5.67. The maximum absolute atomic E-state index is 13.1. The Morgan fingerprint density at radius 1 is 1.14 bits per heavy atom. The molecule has 3 aromatic rings. The average Bonchev–Trinajstić information content (AvgIpc) is 3.11. The lowest BCUT2D eigenvalue weighted by atomic mass is 10.1. The summed E-state index contributed by atoms with van der Waals surface area (Å²) in [6.07, 6.45) is 1.71. The minimum atomic E-state index is -0.335. The number of rotatable bonds is 7.